The van der Waals surface area contributed by atoms with Crippen LogP contribution in [0.2, 0.25) is 0 Å². The van der Waals surface area contributed by atoms with Gasteiger partial charge in [0, 0.05) is 22.1 Å². The molecule has 0 aliphatic rings. The molecule has 0 aliphatic carbocycles. The van der Waals surface area contributed by atoms with E-state index >= 15 is 0 Å². The summed E-state index contributed by atoms with van der Waals surface area (Å²) in [4.78, 5) is 0. The third kappa shape index (κ3) is 4.07. The molecule has 0 amide bonds. The highest BCUT2D eigenvalue weighted by Gasteiger charge is 2.23. The maximum absolute atomic E-state index is 5.50. The molecule has 45 heavy (non-hydrogen) atoms. The molecule has 0 atom stereocenters. The standard InChI is InChI=1S/C43H28N2/c1-3-15-30(16-4-1)40-28-32-19-8-10-22-34(32)43-41(31-17-5-2-6-18-31)42(44-45(40)43)39-27-26-38(36-23-11-12-24-37(36)39)35-25-13-20-29-14-7-9-21-33(29)35/h1-28H. The first kappa shape index (κ1) is 25.5. The van der Waals surface area contributed by atoms with Gasteiger partial charge < -0.3 is 0 Å². The van der Waals surface area contributed by atoms with Crippen LogP contribution in [0.25, 0.3) is 82.6 Å². The Morgan fingerprint density at radius 3 is 1.67 bits per heavy atom. The lowest BCUT2D eigenvalue weighted by Crippen LogP contribution is -1.95. The average Bonchev–Trinajstić information content (AvgIpc) is 3.52. The first-order chi connectivity index (χ1) is 22.3. The average molecular weight is 573 g/mol. The van der Waals surface area contributed by atoms with E-state index in [1.165, 1.54) is 43.4 Å². The first-order valence-electron chi connectivity index (χ1n) is 15.4. The predicted octanol–water partition coefficient (Wildman–Crippen LogP) is 11.5. The fraction of sp³-hybridized carbons (Fsp3) is 0. The number of hydrogen-bond donors (Lipinski definition) is 0. The fourth-order valence-electron chi connectivity index (χ4n) is 6.97. The van der Waals surface area contributed by atoms with Gasteiger partial charge in [-0.1, -0.05) is 164 Å². The van der Waals surface area contributed by atoms with Crippen LogP contribution in [0.4, 0.5) is 0 Å². The first-order valence-corrected chi connectivity index (χ1v) is 15.4. The van der Waals surface area contributed by atoms with Gasteiger partial charge in [-0.05, 0) is 49.7 Å². The van der Waals surface area contributed by atoms with Crippen LogP contribution in [-0.2, 0) is 0 Å². The second-order valence-corrected chi connectivity index (χ2v) is 11.6. The molecule has 0 unspecified atom stereocenters. The highest BCUT2D eigenvalue weighted by Crippen LogP contribution is 2.44. The minimum atomic E-state index is 0.982. The zero-order valence-corrected chi connectivity index (χ0v) is 24.6. The van der Waals surface area contributed by atoms with Crippen LogP contribution >= 0.6 is 0 Å². The van der Waals surface area contributed by atoms with Crippen LogP contribution in [0.5, 0.6) is 0 Å². The molecule has 2 heteroatoms. The summed E-state index contributed by atoms with van der Waals surface area (Å²) in [5, 5.41) is 12.8. The highest BCUT2D eigenvalue weighted by molar-refractivity contribution is 6.14. The number of fused-ring (bicyclic) bond motifs is 5. The van der Waals surface area contributed by atoms with E-state index in [0.717, 1.165) is 39.2 Å². The predicted molar refractivity (Wildman–Crippen MR) is 189 cm³/mol. The molecule has 0 spiro atoms. The number of pyridine rings is 1. The van der Waals surface area contributed by atoms with Crippen molar-refractivity contribution in [3.63, 3.8) is 0 Å². The van der Waals surface area contributed by atoms with Gasteiger partial charge in [-0.25, -0.2) is 4.52 Å². The molecule has 9 aromatic rings. The normalized spacial score (nSPS) is 11.6. The lowest BCUT2D eigenvalue weighted by Gasteiger charge is -2.14. The van der Waals surface area contributed by atoms with Crippen molar-refractivity contribution in [1.29, 1.82) is 0 Å². The summed E-state index contributed by atoms with van der Waals surface area (Å²) in [6.07, 6.45) is 0. The Morgan fingerprint density at radius 2 is 0.911 bits per heavy atom. The number of benzene rings is 7. The minimum Gasteiger partial charge on any atom is -0.231 e. The molecule has 2 aromatic heterocycles. The molecule has 7 aromatic carbocycles. The van der Waals surface area contributed by atoms with Crippen LogP contribution in [0.3, 0.4) is 0 Å². The molecular formula is C43H28N2. The van der Waals surface area contributed by atoms with Crippen molar-refractivity contribution in [3.8, 4) is 44.8 Å². The van der Waals surface area contributed by atoms with E-state index in [-0.39, 0.29) is 0 Å². The minimum absolute atomic E-state index is 0.982. The summed E-state index contributed by atoms with van der Waals surface area (Å²) in [5.74, 6) is 0. The van der Waals surface area contributed by atoms with E-state index in [1.54, 1.807) is 0 Å². The Hall–Kier alpha value is -5.99. The summed E-state index contributed by atoms with van der Waals surface area (Å²) in [6.45, 7) is 0. The second-order valence-electron chi connectivity index (χ2n) is 11.6. The molecule has 210 valence electrons. The van der Waals surface area contributed by atoms with E-state index in [4.69, 9.17) is 5.10 Å². The second kappa shape index (κ2) is 10.3. The SMILES string of the molecule is c1ccc(-c2c(-c3ccc(-c4cccc5ccccc45)c4ccccc34)nn3c(-c4ccccc4)cc4ccccc4c23)cc1. The largest absolute Gasteiger partial charge is 0.231 e. The number of aromatic nitrogens is 2. The van der Waals surface area contributed by atoms with Crippen molar-refractivity contribution >= 4 is 37.8 Å². The quantitative estimate of drug-likeness (QED) is 0.205. The number of hydrogen-bond acceptors (Lipinski definition) is 1. The van der Waals surface area contributed by atoms with Gasteiger partial charge >= 0.3 is 0 Å². The van der Waals surface area contributed by atoms with E-state index in [2.05, 4.69) is 174 Å². The van der Waals surface area contributed by atoms with Gasteiger partial charge in [0.25, 0.3) is 0 Å². The van der Waals surface area contributed by atoms with E-state index in [1.807, 2.05) is 0 Å². The molecule has 0 N–H and O–H groups in total. The monoisotopic (exact) mass is 572 g/mol. The van der Waals surface area contributed by atoms with Gasteiger partial charge in [0.2, 0.25) is 0 Å². The molecule has 2 heterocycles. The van der Waals surface area contributed by atoms with Crippen molar-refractivity contribution in [2.75, 3.05) is 0 Å². The van der Waals surface area contributed by atoms with Gasteiger partial charge in [-0.2, -0.15) is 5.10 Å². The molecule has 0 saturated heterocycles. The van der Waals surface area contributed by atoms with Crippen LogP contribution in [0.1, 0.15) is 0 Å². The van der Waals surface area contributed by atoms with Crippen molar-refractivity contribution in [2.24, 2.45) is 0 Å². The third-order valence-electron chi connectivity index (χ3n) is 9.01. The summed E-state index contributed by atoms with van der Waals surface area (Å²) in [7, 11) is 0. The summed E-state index contributed by atoms with van der Waals surface area (Å²) in [5.41, 5.74) is 10.2. The third-order valence-corrected chi connectivity index (χ3v) is 9.01. The summed E-state index contributed by atoms with van der Waals surface area (Å²) < 4.78 is 2.17. The zero-order chi connectivity index (χ0) is 29.7. The maximum Gasteiger partial charge on any atom is 0.102 e. The maximum atomic E-state index is 5.50. The van der Waals surface area contributed by atoms with Crippen LogP contribution in [0.15, 0.2) is 170 Å². The van der Waals surface area contributed by atoms with Crippen molar-refractivity contribution in [3.05, 3.63) is 170 Å². The van der Waals surface area contributed by atoms with Crippen molar-refractivity contribution < 1.29 is 0 Å². The molecule has 0 radical (unpaired) electrons. The Balaban J connectivity index is 1.40. The summed E-state index contributed by atoms with van der Waals surface area (Å²) >= 11 is 0. The van der Waals surface area contributed by atoms with E-state index in [0.29, 0.717) is 0 Å². The molecule has 2 nitrogen and oxygen atoms in total. The lowest BCUT2D eigenvalue weighted by molar-refractivity contribution is 0.980. The van der Waals surface area contributed by atoms with Gasteiger partial charge in [0.1, 0.15) is 5.69 Å². The Kier molecular flexibility index (Phi) is 5.85. The van der Waals surface area contributed by atoms with Crippen molar-refractivity contribution in [1.82, 2.24) is 9.61 Å². The molecule has 9 rings (SSSR count). The molecule has 0 bridgehead atoms. The molecule has 0 fully saturated rings. The van der Waals surface area contributed by atoms with E-state index < -0.39 is 0 Å². The Labute approximate surface area is 261 Å². The number of rotatable bonds is 4. The van der Waals surface area contributed by atoms with Gasteiger partial charge in [0.15, 0.2) is 0 Å². The fourth-order valence-corrected chi connectivity index (χ4v) is 6.97. The van der Waals surface area contributed by atoms with Crippen LogP contribution in [0, 0.1) is 0 Å². The van der Waals surface area contributed by atoms with Gasteiger partial charge in [-0.15, -0.1) is 0 Å². The summed E-state index contributed by atoms with van der Waals surface area (Å²) in [6, 6.07) is 60.8. The molecule has 0 saturated carbocycles. The topological polar surface area (TPSA) is 17.3 Å². The van der Waals surface area contributed by atoms with Crippen molar-refractivity contribution in [2.45, 2.75) is 0 Å². The molecule has 0 aliphatic heterocycles. The number of nitrogens with zero attached hydrogens (tertiary/aromatic N) is 2. The smallest absolute Gasteiger partial charge is 0.102 e. The van der Waals surface area contributed by atoms with E-state index in [9.17, 15) is 0 Å². The lowest BCUT2D eigenvalue weighted by atomic mass is 9.89. The highest BCUT2D eigenvalue weighted by atomic mass is 15.2. The molecular weight excluding hydrogens is 544 g/mol. The Morgan fingerprint density at radius 1 is 0.378 bits per heavy atom. The van der Waals surface area contributed by atoms with Crippen LogP contribution in [-0.4, -0.2) is 9.61 Å². The van der Waals surface area contributed by atoms with Gasteiger partial charge in [-0.3, -0.25) is 0 Å². The van der Waals surface area contributed by atoms with Gasteiger partial charge in [0.05, 0.1) is 11.2 Å². The van der Waals surface area contributed by atoms with Crippen LogP contribution < -0.4 is 0 Å². The zero-order valence-electron chi connectivity index (χ0n) is 24.6. The Bertz CT molecular complexity index is 2520.